The second-order valence-corrected chi connectivity index (χ2v) is 10.2. The van der Waals surface area contributed by atoms with Crippen molar-refractivity contribution in [2.24, 2.45) is 0 Å². The molecule has 0 unspecified atom stereocenters. The summed E-state index contributed by atoms with van der Waals surface area (Å²) in [7, 11) is 0. The minimum atomic E-state index is -4.63. The van der Waals surface area contributed by atoms with Gasteiger partial charge in [-0.1, -0.05) is 71.9 Å². The van der Waals surface area contributed by atoms with E-state index in [1.165, 1.54) is 12.4 Å². The number of aromatic nitrogens is 2. The molecule has 5 nitrogen and oxygen atoms in total. The lowest BCUT2D eigenvalue weighted by atomic mass is 9.98. The zero-order valence-electron chi connectivity index (χ0n) is 20.2. The number of benzene rings is 3. The lowest BCUT2D eigenvalue weighted by Gasteiger charge is -2.16. The number of hydrogen-bond donors (Lipinski definition) is 0. The van der Waals surface area contributed by atoms with Crippen molar-refractivity contribution in [3.05, 3.63) is 106 Å². The molecule has 0 amide bonds. The molecule has 1 aliphatic carbocycles. The number of rotatable bonds is 8. The van der Waals surface area contributed by atoms with Gasteiger partial charge in [-0.2, -0.15) is 13.2 Å². The molecule has 0 saturated carbocycles. The number of halogens is 4. The standard InChI is InChI=1S/C29H20ClF3N2O3S/c30-24-14-18(29(31,32)33)13-17(27(24)39-28-25(15-36)34-11-12-35-28)9-10-26(37)38-16-23-21-7-3-1-5-19(21)20-6-2-4-8-22(20)23/h1-8,11-15,23H,9-10,16H2. The average Bonchev–Trinajstić information content (AvgIpc) is 3.25. The Morgan fingerprint density at radius 2 is 1.64 bits per heavy atom. The zero-order valence-corrected chi connectivity index (χ0v) is 21.8. The third kappa shape index (κ3) is 5.69. The Morgan fingerprint density at radius 1 is 1.00 bits per heavy atom. The summed E-state index contributed by atoms with van der Waals surface area (Å²) in [5, 5.41) is 0.0245. The summed E-state index contributed by atoms with van der Waals surface area (Å²) in [4.78, 5) is 32.4. The molecule has 39 heavy (non-hydrogen) atoms. The van der Waals surface area contributed by atoms with Crippen molar-refractivity contribution in [3.8, 4) is 11.1 Å². The third-order valence-corrected chi connectivity index (χ3v) is 8.03. The van der Waals surface area contributed by atoms with Crippen molar-refractivity contribution in [2.75, 3.05) is 6.61 Å². The molecular formula is C29H20ClF3N2O3S. The highest BCUT2D eigenvalue weighted by molar-refractivity contribution is 7.99. The van der Waals surface area contributed by atoms with Gasteiger partial charge in [-0.15, -0.1) is 0 Å². The second-order valence-electron chi connectivity index (χ2n) is 8.82. The highest BCUT2D eigenvalue weighted by Crippen LogP contribution is 2.45. The predicted octanol–water partition coefficient (Wildman–Crippen LogP) is 7.40. The van der Waals surface area contributed by atoms with Crippen molar-refractivity contribution in [2.45, 2.75) is 34.9 Å². The van der Waals surface area contributed by atoms with Gasteiger partial charge in [0.2, 0.25) is 0 Å². The van der Waals surface area contributed by atoms with Crippen LogP contribution in [-0.2, 0) is 22.1 Å². The first-order valence-corrected chi connectivity index (χ1v) is 13.1. The van der Waals surface area contributed by atoms with Crippen molar-refractivity contribution in [1.82, 2.24) is 9.97 Å². The van der Waals surface area contributed by atoms with Crippen LogP contribution >= 0.6 is 23.4 Å². The number of aryl methyl sites for hydroxylation is 1. The lowest BCUT2D eigenvalue weighted by Crippen LogP contribution is -2.13. The van der Waals surface area contributed by atoms with Gasteiger partial charge >= 0.3 is 12.1 Å². The number of alkyl halides is 3. The van der Waals surface area contributed by atoms with Gasteiger partial charge in [-0.05, 0) is 46.4 Å². The Labute approximate surface area is 231 Å². The topological polar surface area (TPSA) is 69.2 Å². The number of carbonyl (C=O) groups excluding carboxylic acids is 2. The summed E-state index contributed by atoms with van der Waals surface area (Å²) in [6.07, 6.45) is -1.65. The summed E-state index contributed by atoms with van der Waals surface area (Å²) in [5.74, 6) is -0.677. The number of ether oxygens (including phenoxy) is 1. The molecule has 1 aromatic heterocycles. The first kappa shape index (κ1) is 26.9. The number of esters is 1. The molecule has 5 rings (SSSR count). The van der Waals surface area contributed by atoms with Crippen molar-refractivity contribution < 1.29 is 27.5 Å². The van der Waals surface area contributed by atoms with Crippen molar-refractivity contribution >= 4 is 35.6 Å². The molecule has 3 aromatic carbocycles. The van der Waals surface area contributed by atoms with E-state index in [-0.39, 0.29) is 51.6 Å². The predicted molar refractivity (Wildman–Crippen MR) is 141 cm³/mol. The van der Waals surface area contributed by atoms with Crippen LogP contribution in [0.15, 0.2) is 83.0 Å². The van der Waals surface area contributed by atoms with Gasteiger partial charge in [0.05, 0.1) is 10.6 Å². The van der Waals surface area contributed by atoms with Gasteiger partial charge < -0.3 is 4.74 Å². The molecular weight excluding hydrogens is 549 g/mol. The Hall–Kier alpha value is -3.69. The average molecular weight is 569 g/mol. The van der Waals surface area contributed by atoms with E-state index in [4.69, 9.17) is 16.3 Å². The molecule has 0 saturated heterocycles. The Balaban J connectivity index is 1.34. The van der Waals surface area contributed by atoms with Crippen LogP contribution < -0.4 is 0 Å². The smallest absolute Gasteiger partial charge is 0.416 e. The Kier molecular flexibility index (Phi) is 7.72. The molecule has 198 valence electrons. The fourth-order valence-electron chi connectivity index (χ4n) is 4.63. The fraction of sp³-hybridized carbons (Fsp3) is 0.172. The van der Waals surface area contributed by atoms with Gasteiger partial charge in [0.15, 0.2) is 6.29 Å². The first-order chi connectivity index (χ1) is 18.8. The van der Waals surface area contributed by atoms with E-state index in [0.29, 0.717) is 6.29 Å². The number of aldehydes is 1. The van der Waals surface area contributed by atoms with E-state index >= 15 is 0 Å². The van der Waals surface area contributed by atoms with Gasteiger partial charge in [0, 0.05) is 29.6 Å². The van der Waals surface area contributed by atoms with E-state index in [1.54, 1.807) is 0 Å². The molecule has 0 aliphatic heterocycles. The van der Waals surface area contributed by atoms with Crippen LogP contribution in [0.1, 0.15) is 45.1 Å². The van der Waals surface area contributed by atoms with Crippen LogP contribution in [0.25, 0.3) is 11.1 Å². The quantitative estimate of drug-likeness (QED) is 0.163. The van der Waals surface area contributed by atoms with E-state index in [9.17, 15) is 22.8 Å². The minimum absolute atomic E-state index is 0.0287. The fourth-order valence-corrected chi connectivity index (χ4v) is 5.95. The van der Waals surface area contributed by atoms with E-state index in [2.05, 4.69) is 9.97 Å². The third-order valence-electron chi connectivity index (χ3n) is 6.42. The van der Waals surface area contributed by atoms with Crippen LogP contribution in [0.4, 0.5) is 13.2 Å². The largest absolute Gasteiger partial charge is 0.465 e. The maximum atomic E-state index is 13.5. The number of nitrogens with zero attached hydrogens (tertiary/aromatic N) is 2. The molecule has 0 spiro atoms. The highest BCUT2D eigenvalue weighted by Gasteiger charge is 2.33. The molecule has 0 atom stereocenters. The maximum Gasteiger partial charge on any atom is 0.416 e. The summed E-state index contributed by atoms with van der Waals surface area (Å²) in [5.41, 5.74) is 3.58. The monoisotopic (exact) mass is 568 g/mol. The number of carbonyl (C=O) groups is 2. The van der Waals surface area contributed by atoms with Crippen molar-refractivity contribution in [3.63, 3.8) is 0 Å². The minimum Gasteiger partial charge on any atom is -0.465 e. The molecule has 0 radical (unpaired) electrons. The SMILES string of the molecule is O=Cc1nccnc1Sc1c(Cl)cc(C(F)(F)F)cc1CCC(=O)OCC1c2ccccc2-c2ccccc21. The van der Waals surface area contributed by atoms with E-state index < -0.39 is 17.7 Å². The Morgan fingerprint density at radius 3 is 2.28 bits per heavy atom. The van der Waals surface area contributed by atoms with Gasteiger partial charge in [0.1, 0.15) is 17.3 Å². The summed E-state index contributed by atoms with van der Waals surface area (Å²) in [6.45, 7) is 0.111. The highest BCUT2D eigenvalue weighted by atomic mass is 35.5. The van der Waals surface area contributed by atoms with Crippen LogP contribution in [0.2, 0.25) is 5.02 Å². The summed E-state index contributed by atoms with van der Waals surface area (Å²) >= 11 is 7.20. The summed E-state index contributed by atoms with van der Waals surface area (Å²) < 4.78 is 46.2. The second kappa shape index (κ2) is 11.2. The molecule has 0 N–H and O–H groups in total. The van der Waals surface area contributed by atoms with Gasteiger partial charge in [0.25, 0.3) is 0 Å². The zero-order chi connectivity index (χ0) is 27.6. The van der Waals surface area contributed by atoms with Gasteiger partial charge in [-0.25, -0.2) is 9.97 Å². The van der Waals surface area contributed by atoms with Crippen LogP contribution in [-0.4, -0.2) is 28.8 Å². The Bertz CT molecular complexity index is 1520. The number of fused-ring (bicyclic) bond motifs is 3. The normalized spacial score (nSPS) is 12.6. The van der Waals surface area contributed by atoms with E-state index in [1.807, 2.05) is 48.5 Å². The maximum absolute atomic E-state index is 13.5. The molecule has 0 fully saturated rings. The molecule has 4 aromatic rings. The number of hydrogen-bond acceptors (Lipinski definition) is 6. The van der Waals surface area contributed by atoms with E-state index in [0.717, 1.165) is 46.1 Å². The van der Waals surface area contributed by atoms with Crippen LogP contribution in [0.3, 0.4) is 0 Å². The molecule has 1 aliphatic rings. The first-order valence-electron chi connectivity index (χ1n) is 11.9. The van der Waals surface area contributed by atoms with Crippen molar-refractivity contribution in [1.29, 1.82) is 0 Å². The van der Waals surface area contributed by atoms with Gasteiger partial charge in [-0.3, -0.25) is 9.59 Å². The molecule has 1 heterocycles. The van der Waals surface area contributed by atoms with Crippen LogP contribution in [0.5, 0.6) is 0 Å². The van der Waals surface area contributed by atoms with Crippen LogP contribution in [0, 0.1) is 0 Å². The molecule has 0 bridgehead atoms. The summed E-state index contributed by atoms with van der Waals surface area (Å²) in [6, 6.07) is 17.6. The lowest BCUT2D eigenvalue weighted by molar-refractivity contribution is -0.143. The molecule has 10 heteroatoms.